The fraction of sp³-hybridized carbons (Fsp3) is 0.686. The largest absolute Gasteiger partial charge is 0.472 e. The van der Waals surface area contributed by atoms with E-state index < -0.39 is 111 Å². The number of hydrogen-bond donors (Lipinski definition) is 2. The van der Waals surface area contributed by atoms with Crippen molar-refractivity contribution >= 4 is 29.8 Å². The summed E-state index contributed by atoms with van der Waals surface area (Å²) in [6.45, 7) is 9.82. The average molecular weight is 717 g/mol. The van der Waals surface area contributed by atoms with Crippen LogP contribution in [0.2, 0.25) is 0 Å². The van der Waals surface area contributed by atoms with Gasteiger partial charge in [-0.3, -0.25) is 14.4 Å². The molecule has 1 aromatic heterocycles. The molecular weight excluding hydrogens is 676 g/mol. The lowest BCUT2D eigenvalue weighted by Gasteiger charge is -2.76. The molecule has 1 aromatic rings. The van der Waals surface area contributed by atoms with Crippen LogP contribution < -0.4 is 0 Å². The summed E-state index contributed by atoms with van der Waals surface area (Å²) in [5.74, 6) is -7.63. The summed E-state index contributed by atoms with van der Waals surface area (Å²) in [5, 5.41) is 25.6. The van der Waals surface area contributed by atoms with Gasteiger partial charge in [0.2, 0.25) is 5.60 Å². The third-order valence-electron chi connectivity index (χ3n) is 13.4. The number of furan rings is 1. The van der Waals surface area contributed by atoms with E-state index in [2.05, 4.69) is 0 Å². The number of hydrogen-bond acceptors (Lipinski definition) is 16. The zero-order chi connectivity index (χ0) is 37.1. The zero-order valence-corrected chi connectivity index (χ0v) is 29.3. The van der Waals surface area contributed by atoms with Crippen LogP contribution in [-0.2, 0) is 61.9 Å². The van der Waals surface area contributed by atoms with E-state index in [1.165, 1.54) is 32.4 Å². The predicted molar refractivity (Wildman–Crippen MR) is 162 cm³/mol. The molecule has 4 bridgehead atoms. The molecule has 8 rings (SSSR count). The third kappa shape index (κ3) is 3.43. The van der Waals surface area contributed by atoms with E-state index in [1.54, 1.807) is 26.8 Å². The van der Waals surface area contributed by atoms with Gasteiger partial charge in [-0.25, -0.2) is 9.59 Å². The van der Waals surface area contributed by atoms with Gasteiger partial charge in [0.15, 0.2) is 17.8 Å². The minimum absolute atomic E-state index is 0.143. The molecule has 276 valence electrons. The van der Waals surface area contributed by atoms with Gasteiger partial charge in [0, 0.05) is 62.5 Å². The first-order chi connectivity index (χ1) is 23.7. The van der Waals surface area contributed by atoms with Crippen LogP contribution in [0, 0.1) is 22.2 Å². The van der Waals surface area contributed by atoms with Crippen molar-refractivity contribution in [2.24, 2.45) is 22.2 Å². The quantitative estimate of drug-likeness (QED) is 0.314. The summed E-state index contributed by atoms with van der Waals surface area (Å²) in [6, 6.07) is 1.59. The van der Waals surface area contributed by atoms with Crippen molar-refractivity contribution < 1.29 is 76.5 Å². The Kier molecular flexibility index (Phi) is 6.57. The van der Waals surface area contributed by atoms with Crippen LogP contribution in [0.5, 0.6) is 0 Å². The number of aliphatic hydroxyl groups excluding tert-OH is 1. The highest BCUT2D eigenvalue weighted by molar-refractivity contribution is 5.86. The Hall–Kier alpha value is -3.83. The van der Waals surface area contributed by atoms with Gasteiger partial charge < -0.3 is 52.5 Å². The van der Waals surface area contributed by atoms with Crippen molar-refractivity contribution in [1.82, 2.24) is 0 Å². The third-order valence-corrected chi connectivity index (χ3v) is 13.4. The number of cyclic esters (lactones) is 1. The topological polar surface area (TPSA) is 213 Å². The standard InChI is InChI=1S/C35H40O16/c1-15(36)45-20-12-33-30(6)23(22(40)25(41)43-8)28(4)14-32(30,42)35(48-17(3)38,26(28)46-16(2)37)27-34(33,51-31(7,49-27)50-33)19-11-21(39)47-24(29(19,20)5)18-9-10-44-13-18/h9-11,13,20,22-24,26-27,40,42H,12,14H2,1-8H3/t20-,22+,23?,24+,26-,27+,28-,29-,30+,31-,32+,33-,34+,35-/m1/s1. The van der Waals surface area contributed by atoms with Gasteiger partial charge in [0.25, 0.3) is 5.97 Å². The number of aliphatic hydroxyl groups is 2. The van der Waals surface area contributed by atoms with Gasteiger partial charge in [-0.1, -0.05) is 13.8 Å². The van der Waals surface area contributed by atoms with Crippen molar-refractivity contribution in [2.45, 2.75) is 120 Å². The minimum Gasteiger partial charge on any atom is -0.472 e. The molecule has 0 aromatic carbocycles. The van der Waals surface area contributed by atoms with E-state index in [0.717, 1.165) is 21.0 Å². The number of esters is 5. The summed E-state index contributed by atoms with van der Waals surface area (Å²) in [6.07, 6.45) is -4.03. The first-order valence-electron chi connectivity index (χ1n) is 16.7. The van der Waals surface area contributed by atoms with Crippen LogP contribution in [0.3, 0.4) is 0 Å². The van der Waals surface area contributed by atoms with E-state index in [9.17, 15) is 34.2 Å². The Morgan fingerprint density at radius 3 is 2.27 bits per heavy atom. The molecule has 4 saturated carbocycles. The predicted octanol–water partition coefficient (Wildman–Crippen LogP) is 1.30. The Balaban J connectivity index is 1.52. The highest BCUT2D eigenvalue weighted by Gasteiger charge is 3.04. The minimum atomic E-state index is -2.31. The first kappa shape index (κ1) is 34.3. The van der Waals surface area contributed by atoms with Crippen LogP contribution in [-0.4, -0.2) is 100.0 Å². The monoisotopic (exact) mass is 716 g/mol. The van der Waals surface area contributed by atoms with E-state index >= 15 is 0 Å². The second-order valence-electron chi connectivity index (χ2n) is 15.7. The molecule has 3 aliphatic heterocycles. The fourth-order valence-electron chi connectivity index (χ4n) is 12.3. The lowest BCUT2D eigenvalue weighted by molar-refractivity contribution is -0.448. The number of ether oxygens (including phenoxy) is 8. The van der Waals surface area contributed by atoms with Gasteiger partial charge >= 0.3 is 29.8 Å². The molecule has 2 saturated heterocycles. The average Bonchev–Trinajstić information content (AvgIpc) is 3.79. The molecule has 2 N–H and O–H groups in total. The summed E-state index contributed by atoms with van der Waals surface area (Å²) in [5.41, 5.74) is -12.9. The van der Waals surface area contributed by atoms with Crippen molar-refractivity contribution in [3.05, 3.63) is 35.8 Å². The number of carbonyl (C=O) groups excluding carboxylic acids is 5. The number of fused-ring (bicyclic) bond motifs is 4. The number of rotatable bonds is 6. The molecule has 16 heteroatoms. The lowest BCUT2D eigenvalue weighted by atomic mass is 9.34. The molecule has 4 aliphatic carbocycles. The van der Waals surface area contributed by atoms with Crippen molar-refractivity contribution in [2.75, 3.05) is 7.11 Å². The van der Waals surface area contributed by atoms with Gasteiger partial charge in [0.1, 0.15) is 29.5 Å². The van der Waals surface area contributed by atoms with E-state index in [-0.39, 0.29) is 18.4 Å². The maximum atomic E-state index is 13.8. The molecule has 1 unspecified atom stereocenters. The SMILES string of the molecule is COC(=O)[C@@H](O)C1[C@@]2(C)[C@@]3(O)C[C@@]1(C)[C@@H](OC(C)=O)[C@@]3(OC(C)=O)[C@H]1O[C@]3(C)O[C@]24C[C@@H](OC(C)=O)[C@@]2(C)C(=CC(=O)O[C@H]2c2ccoc2)[C@]14O3. The molecule has 4 heterocycles. The number of methoxy groups -OCH3 is 1. The second kappa shape index (κ2) is 9.77. The molecule has 14 atom stereocenters. The fourth-order valence-corrected chi connectivity index (χ4v) is 12.3. The molecule has 7 aliphatic rings. The number of carbonyl (C=O) groups is 5. The van der Waals surface area contributed by atoms with E-state index in [4.69, 9.17) is 42.3 Å². The molecule has 6 fully saturated rings. The summed E-state index contributed by atoms with van der Waals surface area (Å²) >= 11 is 0. The summed E-state index contributed by atoms with van der Waals surface area (Å²) in [4.78, 5) is 66.4. The van der Waals surface area contributed by atoms with Crippen LogP contribution in [0.4, 0.5) is 0 Å². The van der Waals surface area contributed by atoms with Crippen LogP contribution in [0.25, 0.3) is 0 Å². The van der Waals surface area contributed by atoms with Crippen LogP contribution in [0.15, 0.2) is 34.7 Å². The summed E-state index contributed by atoms with van der Waals surface area (Å²) < 4.78 is 55.2. The molecule has 0 radical (unpaired) electrons. The molecule has 0 amide bonds. The zero-order valence-electron chi connectivity index (χ0n) is 29.3. The van der Waals surface area contributed by atoms with Gasteiger partial charge in [-0.15, -0.1) is 0 Å². The normalized spacial score (nSPS) is 50.0. The molecular formula is C35H40O16. The highest BCUT2D eigenvalue weighted by atomic mass is 17.0. The lowest BCUT2D eigenvalue weighted by Crippen LogP contribution is -2.94. The van der Waals surface area contributed by atoms with E-state index in [0.29, 0.717) is 5.56 Å². The second-order valence-corrected chi connectivity index (χ2v) is 15.7. The van der Waals surface area contributed by atoms with Crippen LogP contribution >= 0.6 is 0 Å². The summed E-state index contributed by atoms with van der Waals surface area (Å²) in [7, 11) is 1.09. The van der Waals surface area contributed by atoms with Gasteiger partial charge in [-0.05, 0) is 25.0 Å². The smallest absolute Gasteiger partial charge is 0.335 e. The molecule has 1 spiro atoms. The Bertz CT molecular complexity index is 1820. The molecule has 16 nitrogen and oxygen atoms in total. The Morgan fingerprint density at radius 1 is 1.00 bits per heavy atom. The van der Waals surface area contributed by atoms with Crippen molar-refractivity contribution in [3.8, 4) is 0 Å². The van der Waals surface area contributed by atoms with Crippen molar-refractivity contribution in [1.29, 1.82) is 0 Å². The van der Waals surface area contributed by atoms with E-state index in [1.807, 2.05) is 0 Å². The highest BCUT2D eigenvalue weighted by Crippen LogP contribution is 2.88. The van der Waals surface area contributed by atoms with Crippen molar-refractivity contribution in [3.63, 3.8) is 0 Å². The van der Waals surface area contributed by atoms with Gasteiger partial charge in [0.05, 0.1) is 25.1 Å². The maximum Gasteiger partial charge on any atom is 0.335 e. The van der Waals surface area contributed by atoms with Crippen LogP contribution in [0.1, 0.15) is 73.0 Å². The molecule has 51 heavy (non-hydrogen) atoms. The maximum absolute atomic E-state index is 13.8. The van der Waals surface area contributed by atoms with Gasteiger partial charge in [-0.2, -0.15) is 0 Å². The first-order valence-corrected chi connectivity index (χ1v) is 16.7. The Labute approximate surface area is 291 Å². The Morgan fingerprint density at radius 2 is 1.69 bits per heavy atom.